The van der Waals surface area contributed by atoms with E-state index in [2.05, 4.69) is 60.4 Å². The van der Waals surface area contributed by atoms with Gasteiger partial charge in [-0.15, -0.1) is 11.3 Å². The maximum Gasteiger partial charge on any atom is 0.0587 e. The van der Waals surface area contributed by atoms with E-state index >= 15 is 0 Å². The van der Waals surface area contributed by atoms with Gasteiger partial charge in [-0.3, -0.25) is 0 Å². The average Bonchev–Trinajstić information content (AvgIpc) is 2.66. The fourth-order valence-corrected chi connectivity index (χ4v) is 3.21. The van der Waals surface area contributed by atoms with Gasteiger partial charge in [0.25, 0.3) is 0 Å². The summed E-state index contributed by atoms with van der Waals surface area (Å²) in [7, 11) is 0. The first-order valence-electron chi connectivity index (χ1n) is 5.95. The van der Waals surface area contributed by atoms with Crippen molar-refractivity contribution in [2.45, 2.75) is 39.2 Å². The molecule has 1 aromatic heterocycles. The van der Waals surface area contributed by atoms with Crippen molar-refractivity contribution < 1.29 is 5.11 Å². The van der Waals surface area contributed by atoms with Crippen molar-refractivity contribution >= 4 is 27.3 Å². The smallest absolute Gasteiger partial charge is 0.0587 e. The molecule has 0 saturated heterocycles. The molecule has 1 aromatic rings. The fourth-order valence-electron chi connectivity index (χ4n) is 1.65. The predicted molar refractivity (Wildman–Crippen MR) is 78.8 cm³/mol. The van der Waals surface area contributed by atoms with Crippen LogP contribution in [0.4, 0.5) is 0 Å². The van der Waals surface area contributed by atoms with E-state index < -0.39 is 0 Å². The van der Waals surface area contributed by atoms with E-state index in [0.29, 0.717) is 5.92 Å². The van der Waals surface area contributed by atoms with Gasteiger partial charge in [0.2, 0.25) is 0 Å². The predicted octanol–water partition coefficient (Wildman–Crippen LogP) is 3.39. The third-order valence-electron chi connectivity index (χ3n) is 3.04. The highest BCUT2D eigenvalue weighted by molar-refractivity contribution is 9.10. The van der Waals surface area contributed by atoms with Gasteiger partial charge in [-0.1, -0.05) is 27.7 Å². The zero-order chi connectivity index (χ0) is 13.1. The fraction of sp³-hybridized carbons (Fsp3) is 0.692. The van der Waals surface area contributed by atoms with Crippen LogP contribution in [0.3, 0.4) is 0 Å². The highest BCUT2D eigenvalue weighted by Crippen LogP contribution is 2.31. The first-order valence-corrected chi connectivity index (χ1v) is 7.63. The lowest BCUT2D eigenvalue weighted by atomic mass is 9.90. The quantitative estimate of drug-likeness (QED) is 0.842. The molecule has 0 aliphatic rings. The molecule has 0 aliphatic carbocycles. The SMILES string of the molecule is CC(C)C(CO)NCC(C)(C)c1cc(Br)cs1. The van der Waals surface area contributed by atoms with Crippen LogP contribution in [-0.4, -0.2) is 24.3 Å². The molecule has 0 aliphatic heterocycles. The van der Waals surface area contributed by atoms with Crippen LogP contribution in [-0.2, 0) is 5.41 Å². The Morgan fingerprint density at radius 3 is 2.53 bits per heavy atom. The van der Waals surface area contributed by atoms with E-state index in [0.717, 1.165) is 11.0 Å². The number of rotatable bonds is 6. The van der Waals surface area contributed by atoms with Gasteiger partial charge in [0.1, 0.15) is 0 Å². The Labute approximate surface area is 117 Å². The van der Waals surface area contributed by atoms with Crippen LogP contribution in [0.1, 0.15) is 32.6 Å². The molecule has 1 rings (SSSR count). The second-order valence-corrected chi connectivity index (χ2v) is 7.25. The first-order chi connectivity index (χ1) is 7.86. The molecular weight excluding hydrogens is 298 g/mol. The normalized spacial score (nSPS) is 14.3. The van der Waals surface area contributed by atoms with Crippen LogP contribution in [0.25, 0.3) is 0 Å². The Kier molecular flexibility index (Phi) is 5.64. The maximum absolute atomic E-state index is 9.30. The van der Waals surface area contributed by atoms with E-state index in [4.69, 9.17) is 0 Å². The number of hydrogen-bond acceptors (Lipinski definition) is 3. The summed E-state index contributed by atoms with van der Waals surface area (Å²) in [4.78, 5) is 1.36. The average molecular weight is 320 g/mol. The molecule has 1 heterocycles. The van der Waals surface area contributed by atoms with Crippen molar-refractivity contribution in [2.24, 2.45) is 5.92 Å². The molecule has 2 nitrogen and oxygen atoms in total. The molecule has 1 unspecified atom stereocenters. The molecule has 0 amide bonds. The topological polar surface area (TPSA) is 32.3 Å². The molecule has 4 heteroatoms. The minimum atomic E-state index is 0.0962. The van der Waals surface area contributed by atoms with E-state index in [1.54, 1.807) is 11.3 Å². The molecule has 17 heavy (non-hydrogen) atoms. The van der Waals surface area contributed by atoms with Gasteiger partial charge in [-0.2, -0.15) is 0 Å². The minimum Gasteiger partial charge on any atom is -0.395 e. The van der Waals surface area contributed by atoms with Crippen molar-refractivity contribution in [1.29, 1.82) is 0 Å². The third-order valence-corrected chi connectivity index (χ3v) is 5.10. The van der Waals surface area contributed by atoms with Crippen LogP contribution in [0.2, 0.25) is 0 Å². The maximum atomic E-state index is 9.30. The number of nitrogens with one attached hydrogen (secondary N) is 1. The summed E-state index contributed by atoms with van der Waals surface area (Å²) in [6, 6.07) is 2.35. The van der Waals surface area contributed by atoms with E-state index in [9.17, 15) is 5.11 Å². The van der Waals surface area contributed by atoms with Crippen molar-refractivity contribution in [1.82, 2.24) is 5.32 Å². The van der Waals surface area contributed by atoms with Crippen LogP contribution >= 0.6 is 27.3 Å². The monoisotopic (exact) mass is 319 g/mol. The first kappa shape index (κ1) is 15.2. The lowest BCUT2D eigenvalue weighted by Gasteiger charge is -2.28. The highest BCUT2D eigenvalue weighted by Gasteiger charge is 2.24. The molecular formula is C13H22BrNOS. The lowest BCUT2D eigenvalue weighted by molar-refractivity contribution is 0.204. The minimum absolute atomic E-state index is 0.0962. The Morgan fingerprint density at radius 2 is 2.12 bits per heavy atom. The zero-order valence-electron chi connectivity index (χ0n) is 11.0. The Morgan fingerprint density at radius 1 is 1.47 bits per heavy atom. The molecule has 0 radical (unpaired) electrons. The Bertz CT molecular complexity index is 349. The van der Waals surface area contributed by atoms with Gasteiger partial charge in [0.15, 0.2) is 0 Å². The molecule has 2 N–H and O–H groups in total. The van der Waals surface area contributed by atoms with Crippen LogP contribution < -0.4 is 5.32 Å². The number of aliphatic hydroxyl groups is 1. The van der Waals surface area contributed by atoms with E-state index in [1.807, 2.05) is 0 Å². The second kappa shape index (κ2) is 6.32. The summed E-state index contributed by atoms with van der Waals surface area (Å²) in [5, 5.41) is 14.9. The summed E-state index contributed by atoms with van der Waals surface area (Å²) in [5.41, 5.74) is 0.0962. The molecule has 1 atom stereocenters. The second-order valence-electron chi connectivity index (χ2n) is 5.43. The standard InChI is InChI=1S/C13H22BrNOS/c1-9(2)11(6-16)15-8-13(3,4)12-5-10(14)7-17-12/h5,7,9,11,15-16H,6,8H2,1-4H3. The highest BCUT2D eigenvalue weighted by atomic mass is 79.9. The van der Waals surface area contributed by atoms with Gasteiger partial charge in [0, 0.05) is 32.7 Å². The number of thiophene rings is 1. The summed E-state index contributed by atoms with van der Waals surface area (Å²) >= 11 is 5.27. The molecule has 0 fully saturated rings. The van der Waals surface area contributed by atoms with Crippen LogP contribution in [0.5, 0.6) is 0 Å². The van der Waals surface area contributed by atoms with Crippen molar-refractivity contribution in [3.63, 3.8) is 0 Å². The summed E-state index contributed by atoms with van der Waals surface area (Å²) in [5.74, 6) is 0.450. The van der Waals surface area contributed by atoms with Gasteiger partial charge in [-0.05, 0) is 27.9 Å². The molecule has 98 valence electrons. The van der Waals surface area contributed by atoms with Crippen molar-refractivity contribution in [2.75, 3.05) is 13.2 Å². The molecule has 0 saturated carbocycles. The third kappa shape index (κ3) is 4.36. The van der Waals surface area contributed by atoms with Gasteiger partial charge >= 0.3 is 0 Å². The zero-order valence-corrected chi connectivity index (χ0v) is 13.4. The van der Waals surface area contributed by atoms with Crippen molar-refractivity contribution in [3.05, 3.63) is 20.8 Å². The number of aliphatic hydroxyl groups excluding tert-OH is 1. The molecule has 0 spiro atoms. The summed E-state index contributed by atoms with van der Waals surface area (Å²) in [6.45, 7) is 9.79. The number of hydrogen-bond donors (Lipinski definition) is 2. The van der Waals surface area contributed by atoms with Crippen LogP contribution in [0, 0.1) is 5.92 Å². The van der Waals surface area contributed by atoms with Gasteiger partial charge < -0.3 is 10.4 Å². The largest absolute Gasteiger partial charge is 0.395 e. The van der Waals surface area contributed by atoms with E-state index in [1.165, 1.54) is 4.88 Å². The summed E-state index contributed by atoms with van der Waals surface area (Å²) < 4.78 is 1.15. The Balaban J connectivity index is 2.61. The molecule has 0 bridgehead atoms. The van der Waals surface area contributed by atoms with Gasteiger partial charge in [-0.25, -0.2) is 0 Å². The van der Waals surface area contributed by atoms with E-state index in [-0.39, 0.29) is 18.1 Å². The summed E-state index contributed by atoms with van der Waals surface area (Å²) in [6.07, 6.45) is 0. The van der Waals surface area contributed by atoms with Crippen LogP contribution in [0.15, 0.2) is 15.9 Å². The molecule has 0 aromatic carbocycles. The lowest BCUT2D eigenvalue weighted by Crippen LogP contribution is -2.43. The van der Waals surface area contributed by atoms with Crippen molar-refractivity contribution in [3.8, 4) is 0 Å². The van der Waals surface area contributed by atoms with Gasteiger partial charge in [0.05, 0.1) is 6.61 Å². The Hall–Kier alpha value is 0.1000. The number of halogens is 1.